The van der Waals surface area contributed by atoms with Gasteiger partial charge in [-0.2, -0.15) is 0 Å². The molecule has 0 fully saturated rings. The molecule has 0 aliphatic rings. The van der Waals surface area contributed by atoms with Crippen LogP contribution >= 0.6 is 11.8 Å². The van der Waals surface area contributed by atoms with E-state index in [4.69, 9.17) is 4.74 Å². The van der Waals surface area contributed by atoms with Gasteiger partial charge in [0, 0.05) is 16.4 Å². The molecule has 3 rings (SSSR count). The Morgan fingerprint density at radius 1 is 0.848 bits per heavy atom. The van der Waals surface area contributed by atoms with Crippen LogP contribution in [-0.2, 0) is 16.1 Å². The van der Waals surface area contributed by atoms with Crippen LogP contribution < -0.4 is 10.6 Å². The van der Waals surface area contributed by atoms with E-state index in [9.17, 15) is 14.4 Å². The van der Waals surface area contributed by atoms with Crippen molar-refractivity contribution in [1.82, 2.24) is 5.32 Å². The average Bonchev–Trinajstić information content (AvgIpc) is 2.83. The average molecular weight is 463 g/mol. The molecule has 0 saturated heterocycles. The highest BCUT2D eigenvalue weighted by atomic mass is 32.2. The number of rotatable bonds is 9. The third-order valence-electron chi connectivity index (χ3n) is 4.57. The third kappa shape index (κ3) is 7.22. The summed E-state index contributed by atoms with van der Waals surface area (Å²) in [6.45, 7) is 3.95. The zero-order valence-corrected chi connectivity index (χ0v) is 19.3. The molecule has 7 heteroatoms. The molecule has 0 bridgehead atoms. The first kappa shape index (κ1) is 24.1. The van der Waals surface area contributed by atoms with E-state index in [0.29, 0.717) is 16.8 Å². The minimum Gasteiger partial charge on any atom is -0.445 e. The van der Waals surface area contributed by atoms with Gasteiger partial charge in [0.1, 0.15) is 6.61 Å². The predicted octanol–water partition coefficient (Wildman–Crippen LogP) is 5.25. The number of ether oxygens (including phenoxy) is 1. The van der Waals surface area contributed by atoms with Crippen LogP contribution in [0.3, 0.4) is 0 Å². The lowest BCUT2D eigenvalue weighted by atomic mass is 10.0. The van der Waals surface area contributed by atoms with Crippen molar-refractivity contribution in [3.05, 3.63) is 102 Å². The number of hydrogen-bond acceptors (Lipinski definition) is 5. The summed E-state index contributed by atoms with van der Waals surface area (Å²) in [7, 11) is 0. The third-order valence-corrected chi connectivity index (χ3v) is 5.72. The topological polar surface area (TPSA) is 84.5 Å². The van der Waals surface area contributed by atoms with Gasteiger partial charge < -0.3 is 15.4 Å². The van der Waals surface area contributed by atoms with Gasteiger partial charge in [0.2, 0.25) is 0 Å². The monoisotopic (exact) mass is 462 g/mol. The second-order valence-corrected chi connectivity index (χ2v) is 9.19. The summed E-state index contributed by atoms with van der Waals surface area (Å²) in [6, 6.07) is 25.0. The van der Waals surface area contributed by atoms with Gasteiger partial charge in [0.25, 0.3) is 5.91 Å². The lowest BCUT2D eigenvalue weighted by molar-refractivity contribution is -0.116. The summed E-state index contributed by atoms with van der Waals surface area (Å²) in [6.07, 6.45) is -0.694. The van der Waals surface area contributed by atoms with E-state index in [1.807, 2.05) is 50.2 Å². The maximum Gasteiger partial charge on any atom is 0.408 e. The number of amides is 2. The van der Waals surface area contributed by atoms with Gasteiger partial charge in [-0.15, -0.1) is 11.8 Å². The number of alkyl carbamates (subject to hydrolysis) is 1. The van der Waals surface area contributed by atoms with Crippen LogP contribution in [0.4, 0.5) is 10.5 Å². The number of benzene rings is 3. The molecule has 0 aliphatic carbocycles. The van der Waals surface area contributed by atoms with E-state index >= 15 is 0 Å². The molecule has 170 valence electrons. The molecule has 1 atom stereocenters. The van der Waals surface area contributed by atoms with Crippen LogP contribution in [0.1, 0.15) is 35.3 Å². The number of anilines is 1. The van der Waals surface area contributed by atoms with Crippen molar-refractivity contribution in [1.29, 1.82) is 0 Å². The smallest absolute Gasteiger partial charge is 0.408 e. The molecule has 2 N–H and O–H groups in total. The summed E-state index contributed by atoms with van der Waals surface area (Å²) in [5, 5.41) is 4.59. The fourth-order valence-corrected chi connectivity index (χ4v) is 3.93. The largest absolute Gasteiger partial charge is 0.445 e. The Bertz CT molecular complexity index is 1090. The van der Waals surface area contributed by atoms with Gasteiger partial charge in [0.15, 0.2) is 11.2 Å². The minimum atomic E-state index is -0.895. The summed E-state index contributed by atoms with van der Waals surface area (Å²) in [5.41, 5.74) is 2.12. The van der Waals surface area contributed by atoms with Crippen LogP contribution in [0.15, 0.2) is 84.9 Å². The molecule has 1 unspecified atom stereocenters. The number of hydrogen-bond donors (Lipinski definition) is 2. The Hall–Kier alpha value is -3.58. The van der Waals surface area contributed by atoms with Gasteiger partial charge in [-0.25, -0.2) is 4.79 Å². The van der Waals surface area contributed by atoms with Crippen molar-refractivity contribution in [2.75, 3.05) is 5.32 Å². The lowest BCUT2D eigenvalue weighted by Gasteiger charge is -2.20. The summed E-state index contributed by atoms with van der Waals surface area (Å²) in [5.74, 6) is -0.645. The van der Waals surface area contributed by atoms with Crippen LogP contribution in [0.2, 0.25) is 0 Å². The molecule has 33 heavy (non-hydrogen) atoms. The molecule has 3 aromatic carbocycles. The zero-order chi connectivity index (χ0) is 23.6. The maximum atomic E-state index is 13.1. The van der Waals surface area contributed by atoms with Crippen molar-refractivity contribution in [2.24, 2.45) is 0 Å². The van der Waals surface area contributed by atoms with Gasteiger partial charge in [-0.1, -0.05) is 86.6 Å². The molecule has 6 nitrogen and oxygen atoms in total. The van der Waals surface area contributed by atoms with E-state index in [1.165, 1.54) is 11.8 Å². The van der Waals surface area contributed by atoms with Crippen molar-refractivity contribution in [3.8, 4) is 0 Å². The summed E-state index contributed by atoms with van der Waals surface area (Å²) < 4.78 is 5.26. The second kappa shape index (κ2) is 11.9. The molecule has 0 aliphatic heterocycles. The molecule has 0 saturated carbocycles. The Morgan fingerprint density at radius 2 is 1.45 bits per heavy atom. The fraction of sp³-hybridized carbons (Fsp3) is 0.192. The molecule has 2 amide bonds. The number of thioether (sulfide) groups is 1. The van der Waals surface area contributed by atoms with E-state index in [1.54, 1.807) is 48.5 Å². The van der Waals surface area contributed by atoms with Crippen LogP contribution in [0.5, 0.6) is 0 Å². The lowest BCUT2D eigenvalue weighted by Crippen LogP contribution is -2.42. The number of para-hydroxylation sites is 1. The first-order valence-electron chi connectivity index (χ1n) is 10.6. The van der Waals surface area contributed by atoms with E-state index < -0.39 is 17.4 Å². The standard InChI is InChI=1S/C26H26N2O4S/c1-18(2)33-25(28-26(31)32-17-19-11-5-3-6-12-19)24(30)27-22-16-10-9-15-21(22)23(29)20-13-7-4-8-14-20/h3-16,18,25H,17H2,1-2H3,(H,27,30)(H,28,31). The SMILES string of the molecule is CC(C)SC(NC(=O)OCc1ccccc1)C(=O)Nc1ccccc1C(=O)c1ccccc1. The quantitative estimate of drug-likeness (QED) is 0.335. The van der Waals surface area contributed by atoms with Crippen molar-refractivity contribution in [2.45, 2.75) is 31.1 Å². The Labute approximate surface area is 197 Å². The minimum absolute atomic E-state index is 0.0661. The van der Waals surface area contributed by atoms with Crippen LogP contribution in [0.25, 0.3) is 0 Å². The zero-order valence-electron chi connectivity index (χ0n) is 18.5. The van der Waals surface area contributed by atoms with Crippen molar-refractivity contribution in [3.63, 3.8) is 0 Å². The van der Waals surface area contributed by atoms with Crippen molar-refractivity contribution < 1.29 is 19.1 Å². The summed E-state index contributed by atoms with van der Waals surface area (Å²) >= 11 is 1.28. The van der Waals surface area contributed by atoms with Crippen molar-refractivity contribution >= 4 is 35.2 Å². The molecule has 0 aromatic heterocycles. The molecular weight excluding hydrogens is 436 g/mol. The molecule has 0 heterocycles. The number of ketones is 1. The highest BCUT2D eigenvalue weighted by Crippen LogP contribution is 2.22. The normalized spacial score (nSPS) is 11.5. The molecular formula is C26H26N2O4S. The number of carbonyl (C=O) groups excluding carboxylic acids is 3. The first-order valence-corrected chi connectivity index (χ1v) is 11.5. The highest BCUT2D eigenvalue weighted by molar-refractivity contribution is 8.01. The first-order chi connectivity index (χ1) is 15.9. The molecule has 0 spiro atoms. The van der Waals surface area contributed by atoms with Gasteiger partial charge in [0.05, 0.1) is 5.69 Å². The highest BCUT2D eigenvalue weighted by Gasteiger charge is 2.25. The van der Waals surface area contributed by atoms with Gasteiger partial charge in [-0.05, 0) is 17.7 Å². The Morgan fingerprint density at radius 3 is 2.12 bits per heavy atom. The number of nitrogens with one attached hydrogen (secondary N) is 2. The molecule has 3 aromatic rings. The number of carbonyl (C=O) groups is 3. The Balaban J connectivity index is 1.70. The second-order valence-electron chi connectivity index (χ2n) is 7.50. The Kier molecular flexibility index (Phi) is 8.66. The van der Waals surface area contributed by atoms with Crippen LogP contribution in [-0.4, -0.2) is 28.4 Å². The predicted molar refractivity (Wildman–Crippen MR) is 131 cm³/mol. The van der Waals surface area contributed by atoms with E-state index in [-0.39, 0.29) is 17.6 Å². The fourth-order valence-electron chi connectivity index (χ4n) is 3.04. The van der Waals surface area contributed by atoms with E-state index in [0.717, 1.165) is 5.56 Å². The molecule has 0 radical (unpaired) electrons. The van der Waals surface area contributed by atoms with Gasteiger partial charge in [-0.3, -0.25) is 9.59 Å². The summed E-state index contributed by atoms with van der Waals surface area (Å²) in [4.78, 5) is 38.3. The maximum absolute atomic E-state index is 13.1. The van der Waals surface area contributed by atoms with Crippen LogP contribution in [0, 0.1) is 0 Å². The van der Waals surface area contributed by atoms with Gasteiger partial charge >= 0.3 is 6.09 Å². The van der Waals surface area contributed by atoms with E-state index in [2.05, 4.69) is 10.6 Å².